The average Bonchev–Trinajstić information content (AvgIpc) is 3.13. The number of fused-ring (bicyclic) bond motifs is 1. The molecule has 2 heterocycles. The Balaban J connectivity index is 1.66. The van der Waals surface area contributed by atoms with Crippen molar-refractivity contribution in [2.75, 3.05) is 7.11 Å². The molecule has 0 radical (unpaired) electrons. The van der Waals surface area contributed by atoms with Crippen LogP contribution in [-0.4, -0.2) is 21.9 Å². The van der Waals surface area contributed by atoms with Crippen molar-refractivity contribution in [1.29, 1.82) is 0 Å². The van der Waals surface area contributed by atoms with Gasteiger partial charge in [-0.25, -0.2) is 4.68 Å². The normalized spacial score (nSPS) is 11.7. The van der Waals surface area contributed by atoms with Gasteiger partial charge in [-0.05, 0) is 42.5 Å². The number of rotatable bonds is 6. The molecule has 2 aromatic carbocycles. The first-order chi connectivity index (χ1) is 14.9. The molecule has 0 spiro atoms. The molecule has 0 aliphatic rings. The van der Waals surface area contributed by atoms with Crippen molar-refractivity contribution in [3.05, 3.63) is 87.8 Å². The molecule has 0 fully saturated rings. The molecule has 6 heteroatoms. The molecule has 2 aromatic heterocycles. The number of quaternary nitrogens is 1. The van der Waals surface area contributed by atoms with E-state index in [1.165, 1.54) is 5.56 Å². The van der Waals surface area contributed by atoms with Crippen LogP contribution in [-0.2, 0) is 18.5 Å². The van der Waals surface area contributed by atoms with Gasteiger partial charge in [-0.1, -0.05) is 39.0 Å². The molecule has 3 N–H and O–H groups in total. The molecule has 160 valence electrons. The summed E-state index contributed by atoms with van der Waals surface area (Å²) < 4.78 is 7.04. The molecule has 0 bridgehead atoms. The van der Waals surface area contributed by atoms with Crippen LogP contribution in [0.1, 0.15) is 37.6 Å². The third-order valence-electron chi connectivity index (χ3n) is 5.38. The van der Waals surface area contributed by atoms with Crippen LogP contribution in [0.2, 0.25) is 0 Å². The molecule has 31 heavy (non-hydrogen) atoms. The van der Waals surface area contributed by atoms with Crippen LogP contribution in [0.3, 0.4) is 0 Å². The van der Waals surface area contributed by atoms with E-state index in [4.69, 9.17) is 9.84 Å². The van der Waals surface area contributed by atoms with Crippen molar-refractivity contribution in [3.63, 3.8) is 0 Å². The second kappa shape index (κ2) is 8.40. The number of nitrogens with two attached hydrogens (primary N) is 1. The minimum absolute atomic E-state index is 0.0731. The Morgan fingerprint density at radius 2 is 1.74 bits per heavy atom. The van der Waals surface area contributed by atoms with E-state index in [9.17, 15) is 4.79 Å². The Morgan fingerprint density at radius 1 is 1.03 bits per heavy atom. The van der Waals surface area contributed by atoms with Crippen LogP contribution in [0.4, 0.5) is 0 Å². The fraction of sp³-hybridized carbons (Fsp3) is 0.280. The zero-order chi connectivity index (χ0) is 22.0. The highest BCUT2D eigenvalue weighted by Crippen LogP contribution is 2.29. The average molecular weight is 418 g/mol. The maximum absolute atomic E-state index is 12.9. The zero-order valence-corrected chi connectivity index (χ0v) is 18.5. The van der Waals surface area contributed by atoms with E-state index in [-0.39, 0.29) is 11.0 Å². The van der Waals surface area contributed by atoms with Crippen LogP contribution >= 0.6 is 0 Å². The number of hydrogen-bond acceptors (Lipinski definition) is 3. The molecule has 0 aliphatic carbocycles. The molecule has 0 unspecified atom stereocenters. The first-order valence-corrected chi connectivity index (χ1v) is 10.5. The number of aromatic nitrogens is 3. The maximum Gasteiger partial charge on any atom is 0.258 e. The number of ether oxygens (including phenoxy) is 1. The van der Waals surface area contributed by atoms with Crippen molar-refractivity contribution in [2.24, 2.45) is 0 Å². The molecule has 0 saturated heterocycles. The molecule has 0 atom stereocenters. The summed E-state index contributed by atoms with van der Waals surface area (Å²) in [6, 6.07) is 19.9. The van der Waals surface area contributed by atoms with Gasteiger partial charge in [0.1, 0.15) is 24.5 Å². The number of pyridine rings is 1. The summed E-state index contributed by atoms with van der Waals surface area (Å²) >= 11 is 0. The Bertz CT molecular complexity index is 1230. The monoisotopic (exact) mass is 417 g/mol. The number of H-pyrrole nitrogens is 1. The lowest BCUT2D eigenvalue weighted by Gasteiger charge is -2.15. The van der Waals surface area contributed by atoms with E-state index in [2.05, 4.69) is 31.1 Å². The minimum Gasteiger partial charge on any atom is -0.497 e. The first-order valence-electron chi connectivity index (χ1n) is 10.5. The summed E-state index contributed by atoms with van der Waals surface area (Å²) in [6.45, 7) is 7.81. The Hall–Kier alpha value is -3.38. The van der Waals surface area contributed by atoms with Crippen molar-refractivity contribution in [1.82, 2.24) is 14.8 Å². The van der Waals surface area contributed by atoms with Gasteiger partial charge in [0, 0.05) is 16.4 Å². The Kier molecular flexibility index (Phi) is 5.65. The van der Waals surface area contributed by atoms with E-state index in [0.717, 1.165) is 40.3 Å². The maximum atomic E-state index is 12.9. The molecular weight excluding hydrogens is 388 g/mol. The van der Waals surface area contributed by atoms with E-state index < -0.39 is 0 Å². The predicted octanol–water partition coefficient (Wildman–Crippen LogP) is 3.28. The number of hydrogen-bond donors (Lipinski definition) is 2. The molecule has 0 aliphatic heterocycles. The summed E-state index contributed by atoms with van der Waals surface area (Å²) in [4.78, 5) is 16.0. The van der Waals surface area contributed by atoms with E-state index in [1.807, 2.05) is 65.3 Å². The fourth-order valence-corrected chi connectivity index (χ4v) is 3.73. The van der Waals surface area contributed by atoms with E-state index in [0.29, 0.717) is 6.54 Å². The second-order valence-electron chi connectivity index (χ2n) is 8.78. The number of methoxy groups -OCH3 is 1. The second-order valence-corrected chi connectivity index (χ2v) is 8.78. The Labute approximate surface area is 181 Å². The molecule has 4 aromatic rings. The van der Waals surface area contributed by atoms with E-state index in [1.54, 1.807) is 7.11 Å². The number of nitrogens with zero attached hydrogens (tertiary/aromatic N) is 2. The molecular formula is C25H29N4O2+. The number of para-hydroxylation sites is 1. The van der Waals surface area contributed by atoms with Crippen molar-refractivity contribution in [3.8, 4) is 11.4 Å². The van der Waals surface area contributed by atoms with Gasteiger partial charge in [-0.15, -0.1) is 0 Å². The van der Waals surface area contributed by atoms with Crippen LogP contribution in [0.5, 0.6) is 5.75 Å². The van der Waals surface area contributed by atoms with Crippen molar-refractivity contribution >= 4 is 11.0 Å². The lowest BCUT2D eigenvalue weighted by molar-refractivity contribution is -0.686. The molecule has 0 amide bonds. The minimum atomic E-state index is -0.152. The smallest absolute Gasteiger partial charge is 0.258 e. The largest absolute Gasteiger partial charge is 0.497 e. The number of aromatic amines is 1. The van der Waals surface area contributed by atoms with Crippen LogP contribution in [0, 0.1) is 0 Å². The van der Waals surface area contributed by atoms with Gasteiger partial charge >= 0.3 is 0 Å². The molecule has 4 rings (SSSR count). The van der Waals surface area contributed by atoms with Gasteiger partial charge in [-0.3, -0.25) is 4.79 Å². The van der Waals surface area contributed by atoms with Gasteiger partial charge < -0.3 is 15.0 Å². The van der Waals surface area contributed by atoms with Gasteiger partial charge in [-0.2, -0.15) is 5.10 Å². The quantitative estimate of drug-likeness (QED) is 0.505. The Morgan fingerprint density at radius 3 is 2.39 bits per heavy atom. The van der Waals surface area contributed by atoms with Crippen LogP contribution in [0.15, 0.2) is 65.5 Å². The topological polar surface area (TPSA) is 76.5 Å². The summed E-state index contributed by atoms with van der Waals surface area (Å²) in [6.07, 6.45) is 0. The van der Waals surface area contributed by atoms with Gasteiger partial charge in [0.2, 0.25) is 0 Å². The zero-order valence-electron chi connectivity index (χ0n) is 18.5. The van der Waals surface area contributed by atoms with Gasteiger partial charge in [0.25, 0.3) is 5.56 Å². The number of benzene rings is 2. The molecule has 0 saturated carbocycles. The highest BCUT2D eigenvalue weighted by Gasteiger charge is 2.24. The van der Waals surface area contributed by atoms with Crippen molar-refractivity contribution < 1.29 is 10.1 Å². The fourth-order valence-electron chi connectivity index (χ4n) is 3.73. The first kappa shape index (κ1) is 20.9. The summed E-state index contributed by atoms with van der Waals surface area (Å²) in [5, 5.41) is 8.01. The summed E-state index contributed by atoms with van der Waals surface area (Å²) in [5.74, 6) is 0.843. The third-order valence-corrected chi connectivity index (χ3v) is 5.38. The third kappa shape index (κ3) is 4.39. The highest BCUT2D eigenvalue weighted by atomic mass is 16.5. The number of nitrogens with one attached hydrogen (secondary N) is 1. The van der Waals surface area contributed by atoms with Crippen LogP contribution < -0.4 is 15.6 Å². The molecule has 6 nitrogen and oxygen atoms in total. The SMILES string of the molecule is COc1ccc(C[NH2+]Cc2cc3c(C(C)(C)C)nn(-c4ccccc4)c3[nH]c2=O)cc1. The predicted molar refractivity (Wildman–Crippen MR) is 123 cm³/mol. The highest BCUT2D eigenvalue weighted by molar-refractivity contribution is 5.81. The van der Waals surface area contributed by atoms with Crippen molar-refractivity contribution in [2.45, 2.75) is 39.3 Å². The lowest BCUT2D eigenvalue weighted by atomic mass is 9.90. The van der Waals surface area contributed by atoms with E-state index >= 15 is 0 Å². The lowest BCUT2D eigenvalue weighted by Crippen LogP contribution is -2.81. The van der Waals surface area contributed by atoms with Gasteiger partial charge in [0.05, 0.1) is 24.1 Å². The van der Waals surface area contributed by atoms with Crippen LogP contribution in [0.25, 0.3) is 16.7 Å². The van der Waals surface area contributed by atoms with Gasteiger partial charge in [0.15, 0.2) is 0 Å². The summed E-state index contributed by atoms with van der Waals surface area (Å²) in [7, 11) is 1.66. The summed E-state index contributed by atoms with van der Waals surface area (Å²) in [5.41, 5.74) is 4.35. The standard InChI is InChI=1S/C25H28N4O2/c1-25(2,3)22-21-14-18(16-26-15-17-10-12-20(31-4)13-11-17)24(30)27-23(21)29(28-22)19-8-6-5-7-9-19/h5-14,26H,15-16H2,1-4H3,(H,27,30)/p+1.